The second kappa shape index (κ2) is 5.84. The molecule has 128 valence electrons. The van der Waals surface area contributed by atoms with Gasteiger partial charge in [-0.2, -0.15) is 5.10 Å². The number of carbonyl (C=O) groups excluding carboxylic acids is 1. The van der Waals surface area contributed by atoms with E-state index in [1.807, 2.05) is 26.1 Å². The van der Waals surface area contributed by atoms with Crippen molar-refractivity contribution in [2.45, 2.75) is 32.4 Å². The fourth-order valence-corrected chi connectivity index (χ4v) is 3.56. The van der Waals surface area contributed by atoms with Crippen molar-refractivity contribution in [2.75, 3.05) is 5.32 Å². The molecule has 1 aromatic carbocycles. The Balaban J connectivity index is 1.76. The summed E-state index contributed by atoms with van der Waals surface area (Å²) >= 11 is 0. The Kier molecular flexibility index (Phi) is 3.63. The van der Waals surface area contributed by atoms with Gasteiger partial charge in [-0.3, -0.25) is 9.48 Å². The molecule has 0 bridgehead atoms. The molecule has 25 heavy (non-hydrogen) atoms. The van der Waals surface area contributed by atoms with Gasteiger partial charge in [0.05, 0.1) is 23.7 Å². The predicted octanol–water partition coefficient (Wildman–Crippen LogP) is 1.89. The summed E-state index contributed by atoms with van der Waals surface area (Å²) < 4.78 is 1.74. The molecule has 2 aromatic heterocycles. The Hall–Kier alpha value is -2.96. The number of amides is 1. The monoisotopic (exact) mass is 336 g/mol. The third kappa shape index (κ3) is 2.71. The summed E-state index contributed by atoms with van der Waals surface area (Å²) in [4.78, 5) is 20.7. The van der Waals surface area contributed by atoms with Crippen LogP contribution in [-0.2, 0) is 18.3 Å². The standard InChI is InChI=1S/C18H20N6O/c1-10-20-17(14-9-19-24(3)18(14)21-10)23-16-13-7-5-4-6-12(13)8-15(16)22-11(2)25/h4-7,9,15-16H,8H2,1-3H3,(H,22,25)(H,20,21,23)/t15-,16-/m1/s1. The fourth-order valence-electron chi connectivity index (χ4n) is 3.56. The third-order valence-electron chi connectivity index (χ3n) is 4.62. The Morgan fingerprint density at radius 1 is 1.28 bits per heavy atom. The van der Waals surface area contributed by atoms with Crippen molar-refractivity contribution in [1.29, 1.82) is 0 Å². The van der Waals surface area contributed by atoms with Gasteiger partial charge in [-0.15, -0.1) is 0 Å². The average Bonchev–Trinajstić information content (AvgIpc) is 3.09. The Labute approximate surface area is 145 Å². The van der Waals surface area contributed by atoms with Crippen molar-refractivity contribution >= 4 is 22.8 Å². The number of nitrogens with zero attached hydrogens (tertiary/aromatic N) is 4. The first-order chi connectivity index (χ1) is 12.0. The van der Waals surface area contributed by atoms with Crippen LogP contribution in [0.4, 0.5) is 5.82 Å². The maximum atomic E-state index is 11.6. The topological polar surface area (TPSA) is 84.7 Å². The fraction of sp³-hybridized carbons (Fsp3) is 0.333. The van der Waals surface area contributed by atoms with Gasteiger partial charge in [-0.05, 0) is 24.5 Å². The molecule has 2 heterocycles. The van der Waals surface area contributed by atoms with E-state index in [4.69, 9.17) is 0 Å². The van der Waals surface area contributed by atoms with Crippen LogP contribution in [0, 0.1) is 6.92 Å². The second-order valence-electron chi connectivity index (χ2n) is 6.46. The van der Waals surface area contributed by atoms with Crippen LogP contribution in [0.15, 0.2) is 30.5 Å². The van der Waals surface area contributed by atoms with Crippen LogP contribution >= 0.6 is 0 Å². The summed E-state index contributed by atoms with van der Waals surface area (Å²) in [7, 11) is 1.86. The number of aromatic nitrogens is 4. The summed E-state index contributed by atoms with van der Waals surface area (Å²) in [6, 6.07) is 8.20. The molecule has 0 saturated heterocycles. The Bertz CT molecular complexity index is 963. The zero-order valence-corrected chi connectivity index (χ0v) is 14.4. The van der Waals surface area contributed by atoms with Gasteiger partial charge in [-0.1, -0.05) is 24.3 Å². The Morgan fingerprint density at radius 3 is 2.88 bits per heavy atom. The van der Waals surface area contributed by atoms with Gasteiger partial charge < -0.3 is 10.6 Å². The van der Waals surface area contributed by atoms with Gasteiger partial charge >= 0.3 is 0 Å². The number of benzene rings is 1. The van der Waals surface area contributed by atoms with Gasteiger partial charge in [0, 0.05) is 14.0 Å². The SMILES string of the molecule is CC(=O)N[C@@H]1Cc2ccccc2[C@H]1Nc1nc(C)nc2c1cnn2C. The molecule has 0 saturated carbocycles. The minimum atomic E-state index is -0.0437. The van der Waals surface area contributed by atoms with Crippen LogP contribution < -0.4 is 10.6 Å². The van der Waals surface area contributed by atoms with Crippen molar-refractivity contribution < 1.29 is 4.79 Å². The van der Waals surface area contributed by atoms with E-state index in [1.165, 1.54) is 11.1 Å². The highest BCUT2D eigenvalue weighted by Gasteiger charge is 2.33. The molecule has 1 amide bonds. The maximum absolute atomic E-state index is 11.6. The van der Waals surface area contributed by atoms with Crippen molar-refractivity contribution in [3.63, 3.8) is 0 Å². The highest BCUT2D eigenvalue weighted by Crippen LogP contribution is 2.35. The van der Waals surface area contributed by atoms with Gasteiger partial charge in [0.1, 0.15) is 11.6 Å². The van der Waals surface area contributed by atoms with E-state index in [1.54, 1.807) is 17.8 Å². The zero-order chi connectivity index (χ0) is 17.6. The van der Waals surface area contributed by atoms with Gasteiger partial charge in [0.15, 0.2) is 5.65 Å². The lowest BCUT2D eigenvalue weighted by Gasteiger charge is -2.23. The van der Waals surface area contributed by atoms with Crippen molar-refractivity contribution in [3.8, 4) is 0 Å². The van der Waals surface area contributed by atoms with Crippen molar-refractivity contribution in [3.05, 3.63) is 47.4 Å². The lowest BCUT2D eigenvalue weighted by atomic mass is 10.1. The maximum Gasteiger partial charge on any atom is 0.217 e. The number of hydrogen-bond donors (Lipinski definition) is 2. The molecule has 0 unspecified atom stereocenters. The first-order valence-electron chi connectivity index (χ1n) is 8.30. The first-order valence-corrected chi connectivity index (χ1v) is 8.30. The lowest BCUT2D eigenvalue weighted by Crippen LogP contribution is -2.39. The zero-order valence-electron chi connectivity index (χ0n) is 14.4. The van der Waals surface area contributed by atoms with Crippen LogP contribution in [0.25, 0.3) is 11.0 Å². The molecule has 2 N–H and O–H groups in total. The Morgan fingerprint density at radius 2 is 2.08 bits per heavy atom. The quantitative estimate of drug-likeness (QED) is 0.763. The van der Waals surface area contributed by atoms with Crippen LogP contribution in [0.3, 0.4) is 0 Å². The molecule has 2 atom stereocenters. The van der Waals surface area contributed by atoms with Gasteiger partial charge in [0.25, 0.3) is 0 Å². The molecule has 1 aliphatic rings. The number of nitrogens with one attached hydrogen (secondary N) is 2. The van der Waals surface area contributed by atoms with Crippen molar-refractivity contribution in [2.24, 2.45) is 7.05 Å². The number of anilines is 1. The summed E-state index contributed by atoms with van der Waals surface area (Å²) in [5, 5.41) is 11.8. The predicted molar refractivity (Wildman–Crippen MR) is 95.2 cm³/mol. The molecule has 7 heteroatoms. The van der Waals surface area contributed by atoms with Gasteiger partial charge in [0.2, 0.25) is 5.91 Å². The highest BCUT2D eigenvalue weighted by molar-refractivity contribution is 5.86. The van der Waals surface area contributed by atoms with E-state index in [2.05, 4.69) is 37.8 Å². The molecule has 0 radical (unpaired) electrons. The van der Waals surface area contributed by atoms with Crippen molar-refractivity contribution in [1.82, 2.24) is 25.1 Å². The highest BCUT2D eigenvalue weighted by atomic mass is 16.1. The third-order valence-corrected chi connectivity index (χ3v) is 4.62. The summed E-state index contributed by atoms with van der Waals surface area (Å²) in [6.45, 7) is 3.42. The smallest absolute Gasteiger partial charge is 0.217 e. The number of hydrogen-bond acceptors (Lipinski definition) is 5. The molecule has 1 aliphatic carbocycles. The normalized spacial score (nSPS) is 19.0. The minimum Gasteiger partial charge on any atom is -0.360 e. The van der Waals surface area contributed by atoms with E-state index in [0.29, 0.717) is 5.82 Å². The van der Waals surface area contributed by atoms with Crippen LogP contribution in [-0.4, -0.2) is 31.7 Å². The van der Waals surface area contributed by atoms with Crippen LogP contribution in [0.1, 0.15) is 29.9 Å². The number of aryl methyl sites for hydroxylation is 2. The molecule has 3 aromatic rings. The number of rotatable bonds is 3. The summed E-state index contributed by atoms with van der Waals surface area (Å²) in [5.41, 5.74) is 3.22. The minimum absolute atomic E-state index is 0.0168. The van der Waals surface area contributed by atoms with Gasteiger partial charge in [-0.25, -0.2) is 9.97 Å². The molecule has 7 nitrogen and oxygen atoms in total. The van der Waals surface area contributed by atoms with Crippen LogP contribution in [0.5, 0.6) is 0 Å². The van der Waals surface area contributed by atoms with E-state index in [9.17, 15) is 4.79 Å². The van der Waals surface area contributed by atoms with E-state index in [-0.39, 0.29) is 18.0 Å². The molecule has 4 rings (SSSR count). The molecular weight excluding hydrogens is 316 g/mol. The average molecular weight is 336 g/mol. The van der Waals surface area contributed by atoms with E-state index in [0.717, 1.165) is 23.3 Å². The molecule has 0 spiro atoms. The number of fused-ring (bicyclic) bond motifs is 2. The van der Waals surface area contributed by atoms with Crippen LogP contribution in [0.2, 0.25) is 0 Å². The first kappa shape index (κ1) is 15.6. The summed E-state index contributed by atoms with van der Waals surface area (Å²) in [6.07, 6.45) is 2.57. The molecular formula is C18H20N6O. The largest absolute Gasteiger partial charge is 0.360 e. The lowest BCUT2D eigenvalue weighted by molar-refractivity contribution is -0.119. The van der Waals surface area contributed by atoms with E-state index >= 15 is 0 Å². The molecule has 0 aliphatic heterocycles. The van der Waals surface area contributed by atoms with E-state index < -0.39 is 0 Å². The number of carbonyl (C=O) groups is 1. The second-order valence-corrected chi connectivity index (χ2v) is 6.46. The molecule has 0 fully saturated rings. The summed E-state index contributed by atoms with van der Waals surface area (Å²) in [5.74, 6) is 1.39.